The number of aromatic nitrogens is 2. The maximum atomic E-state index is 12.4. The molecular weight excluding hydrogens is 364 g/mol. The van der Waals surface area contributed by atoms with Crippen molar-refractivity contribution in [1.82, 2.24) is 15.1 Å². The second-order valence-corrected chi connectivity index (χ2v) is 6.84. The number of benzene rings is 2. The summed E-state index contributed by atoms with van der Waals surface area (Å²) in [5.74, 6) is -0.415. The number of carbonyl (C=O) groups excluding carboxylic acids is 2. The lowest BCUT2D eigenvalue weighted by molar-refractivity contribution is 0.0950. The maximum Gasteiger partial charge on any atom is 0.276 e. The van der Waals surface area contributed by atoms with Gasteiger partial charge in [-0.15, -0.1) is 0 Å². The molecule has 0 saturated heterocycles. The second-order valence-electron chi connectivity index (χ2n) is 6.40. The van der Waals surface area contributed by atoms with Gasteiger partial charge in [0.2, 0.25) is 0 Å². The number of rotatable bonds is 5. The Labute approximate surface area is 161 Å². The first-order valence-corrected chi connectivity index (χ1v) is 9.00. The Kier molecular flexibility index (Phi) is 4.64. The molecule has 1 aliphatic carbocycles. The summed E-state index contributed by atoms with van der Waals surface area (Å²) in [7, 11) is 0. The number of carbonyl (C=O) groups is 2. The summed E-state index contributed by atoms with van der Waals surface area (Å²) in [6, 6.07) is 15.9. The van der Waals surface area contributed by atoms with E-state index in [1.807, 2.05) is 12.1 Å². The SMILES string of the molecule is O=C(NC1CC1)c1ccc(NC(=O)c2ccn(-c3cccc(Cl)c3)n2)cc1. The smallest absolute Gasteiger partial charge is 0.276 e. The predicted molar refractivity (Wildman–Crippen MR) is 103 cm³/mol. The number of nitrogens with zero attached hydrogens (tertiary/aromatic N) is 2. The van der Waals surface area contributed by atoms with Crippen LogP contribution in [-0.4, -0.2) is 27.6 Å². The van der Waals surface area contributed by atoms with Crippen molar-refractivity contribution in [3.63, 3.8) is 0 Å². The predicted octanol–water partition coefficient (Wildman–Crippen LogP) is 3.67. The number of hydrogen-bond donors (Lipinski definition) is 2. The van der Waals surface area contributed by atoms with Gasteiger partial charge in [0.25, 0.3) is 11.8 Å². The van der Waals surface area contributed by atoms with Crippen LogP contribution in [0.3, 0.4) is 0 Å². The van der Waals surface area contributed by atoms with Crippen molar-refractivity contribution >= 4 is 29.1 Å². The number of amides is 2. The Morgan fingerprint density at radius 2 is 1.81 bits per heavy atom. The average molecular weight is 381 g/mol. The first-order chi connectivity index (χ1) is 13.1. The molecule has 2 aromatic carbocycles. The number of nitrogens with one attached hydrogen (secondary N) is 2. The zero-order valence-corrected chi connectivity index (χ0v) is 15.1. The van der Waals surface area contributed by atoms with Crippen LogP contribution < -0.4 is 10.6 Å². The average Bonchev–Trinajstić information content (AvgIpc) is 3.33. The van der Waals surface area contributed by atoms with Gasteiger partial charge in [0.1, 0.15) is 0 Å². The molecule has 3 aromatic rings. The van der Waals surface area contributed by atoms with Crippen molar-refractivity contribution < 1.29 is 9.59 Å². The number of halogens is 1. The molecule has 1 saturated carbocycles. The van der Waals surface area contributed by atoms with Gasteiger partial charge in [-0.05, 0) is 61.4 Å². The third kappa shape index (κ3) is 4.17. The molecule has 0 bridgehead atoms. The van der Waals surface area contributed by atoms with Crippen molar-refractivity contribution in [1.29, 1.82) is 0 Å². The van der Waals surface area contributed by atoms with Crippen LogP contribution in [0, 0.1) is 0 Å². The van der Waals surface area contributed by atoms with Crippen LogP contribution in [0.15, 0.2) is 60.8 Å². The summed E-state index contributed by atoms with van der Waals surface area (Å²) in [6.45, 7) is 0. The molecule has 2 amide bonds. The van der Waals surface area contributed by atoms with Gasteiger partial charge in [-0.3, -0.25) is 9.59 Å². The fraction of sp³-hybridized carbons (Fsp3) is 0.150. The molecule has 1 aliphatic rings. The molecule has 0 aliphatic heterocycles. The molecule has 0 unspecified atom stereocenters. The fourth-order valence-corrected chi connectivity index (χ4v) is 2.79. The Morgan fingerprint density at radius 3 is 2.52 bits per heavy atom. The van der Waals surface area contributed by atoms with Crippen LogP contribution in [0.2, 0.25) is 5.02 Å². The van der Waals surface area contributed by atoms with Crippen LogP contribution in [0.4, 0.5) is 5.69 Å². The van der Waals surface area contributed by atoms with E-state index in [-0.39, 0.29) is 17.5 Å². The molecule has 7 heteroatoms. The lowest BCUT2D eigenvalue weighted by Gasteiger charge is -2.06. The van der Waals surface area contributed by atoms with Gasteiger partial charge in [0.15, 0.2) is 5.69 Å². The summed E-state index contributed by atoms with van der Waals surface area (Å²) in [5.41, 5.74) is 2.23. The Bertz CT molecular complexity index is 993. The molecule has 27 heavy (non-hydrogen) atoms. The van der Waals surface area contributed by atoms with Crippen LogP contribution in [0.1, 0.15) is 33.7 Å². The normalized spacial score (nSPS) is 13.2. The highest BCUT2D eigenvalue weighted by Gasteiger charge is 2.23. The van der Waals surface area contributed by atoms with E-state index in [0.29, 0.717) is 22.3 Å². The van der Waals surface area contributed by atoms with Crippen molar-refractivity contribution in [3.8, 4) is 5.69 Å². The topological polar surface area (TPSA) is 76.0 Å². The summed E-state index contributed by atoms with van der Waals surface area (Å²) < 4.78 is 1.59. The Hall–Kier alpha value is -3.12. The minimum atomic E-state index is -0.328. The highest BCUT2D eigenvalue weighted by atomic mass is 35.5. The minimum Gasteiger partial charge on any atom is -0.349 e. The van der Waals surface area contributed by atoms with E-state index >= 15 is 0 Å². The summed E-state index contributed by atoms with van der Waals surface area (Å²) >= 11 is 5.99. The Morgan fingerprint density at radius 1 is 1.04 bits per heavy atom. The second kappa shape index (κ2) is 7.25. The molecule has 2 N–H and O–H groups in total. The Balaban J connectivity index is 1.42. The molecule has 1 aromatic heterocycles. The molecule has 4 rings (SSSR count). The van der Waals surface area contributed by atoms with Gasteiger partial charge in [0.05, 0.1) is 5.69 Å². The fourth-order valence-electron chi connectivity index (χ4n) is 2.60. The van der Waals surface area contributed by atoms with Gasteiger partial charge < -0.3 is 10.6 Å². The van der Waals surface area contributed by atoms with Gasteiger partial charge in [-0.25, -0.2) is 4.68 Å². The van der Waals surface area contributed by atoms with E-state index in [9.17, 15) is 9.59 Å². The summed E-state index contributed by atoms with van der Waals surface area (Å²) in [4.78, 5) is 24.4. The molecule has 0 radical (unpaired) electrons. The third-order valence-corrected chi connectivity index (χ3v) is 4.45. The summed E-state index contributed by atoms with van der Waals surface area (Å²) in [5, 5.41) is 10.6. The van der Waals surface area contributed by atoms with Crippen LogP contribution in [0.5, 0.6) is 0 Å². The lowest BCUT2D eigenvalue weighted by Crippen LogP contribution is -2.25. The van der Waals surface area contributed by atoms with Gasteiger partial charge in [0, 0.05) is 28.5 Å². The van der Waals surface area contributed by atoms with Crippen LogP contribution >= 0.6 is 11.6 Å². The molecule has 0 atom stereocenters. The van der Waals surface area contributed by atoms with E-state index in [2.05, 4.69) is 15.7 Å². The minimum absolute atomic E-state index is 0.0874. The first-order valence-electron chi connectivity index (χ1n) is 8.62. The zero-order chi connectivity index (χ0) is 18.8. The molecule has 1 fully saturated rings. The van der Waals surface area contributed by atoms with Crippen molar-refractivity contribution in [2.45, 2.75) is 18.9 Å². The van der Waals surface area contributed by atoms with Crippen LogP contribution in [0.25, 0.3) is 5.69 Å². The number of hydrogen-bond acceptors (Lipinski definition) is 3. The van der Waals surface area contributed by atoms with E-state index in [0.717, 1.165) is 18.5 Å². The van der Waals surface area contributed by atoms with Gasteiger partial charge >= 0.3 is 0 Å². The molecule has 0 spiro atoms. The monoisotopic (exact) mass is 380 g/mol. The largest absolute Gasteiger partial charge is 0.349 e. The van der Waals surface area contributed by atoms with E-state index in [1.54, 1.807) is 53.3 Å². The summed E-state index contributed by atoms with van der Waals surface area (Å²) in [6.07, 6.45) is 3.79. The third-order valence-electron chi connectivity index (χ3n) is 4.21. The standard InChI is InChI=1S/C20H17ClN4O2/c21-14-2-1-3-17(12-14)25-11-10-18(24-25)20(27)23-15-6-4-13(5-7-15)19(26)22-16-8-9-16/h1-7,10-12,16H,8-9H2,(H,22,26)(H,23,27). The van der Waals surface area contributed by atoms with Crippen molar-refractivity contribution in [3.05, 3.63) is 77.1 Å². The van der Waals surface area contributed by atoms with E-state index in [1.165, 1.54) is 0 Å². The molecule has 1 heterocycles. The highest BCUT2D eigenvalue weighted by Crippen LogP contribution is 2.20. The zero-order valence-electron chi connectivity index (χ0n) is 14.4. The quantitative estimate of drug-likeness (QED) is 0.709. The molecule has 136 valence electrons. The maximum absolute atomic E-state index is 12.4. The number of anilines is 1. The molecular formula is C20H17ClN4O2. The van der Waals surface area contributed by atoms with Crippen molar-refractivity contribution in [2.75, 3.05) is 5.32 Å². The van der Waals surface area contributed by atoms with E-state index < -0.39 is 0 Å². The van der Waals surface area contributed by atoms with Crippen LogP contribution in [-0.2, 0) is 0 Å². The van der Waals surface area contributed by atoms with Crippen molar-refractivity contribution in [2.24, 2.45) is 0 Å². The van der Waals surface area contributed by atoms with E-state index in [4.69, 9.17) is 11.6 Å². The lowest BCUT2D eigenvalue weighted by atomic mass is 10.2. The van der Waals surface area contributed by atoms with Gasteiger partial charge in [-0.2, -0.15) is 5.10 Å². The molecule has 6 nitrogen and oxygen atoms in total. The first kappa shape index (κ1) is 17.3. The highest BCUT2D eigenvalue weighted by molar-refractivity contribution is 6.30. The van der Waals surface area contributed by atoms with Gasteiger partial charge in [-0.1, -0.05) is 17.7 Å².